The number of esters is 1. The molecule has 0 amide bonds. The van der Waals surface area contributed by atoms with E-state index in [9.17, 15) is 9.18 Å². The second-order valence-electron chi connectivity index (χ2n) is 4.84. The number of nitrogens with zero attached hydrogens (tertiary/aromatic N) is 2. The second kappa shape index (κ2) is 6.92. The normalized spacial score (nSPS) is 12.0. The maximum absolute atomic E-state index is 13.6. The Morgan fingerprint density at radius 1 is 1.33 bits per heavy atom. The molecule has 1 atom stereocenters. The van der Waals surface area contributed by atoms with Gasteiger partial charge in [-0.2, -0.15) is 0 Å². The summed E-state index contributed by atoms with van der Waals surface area (Å²) in [4.78, 5) is 19.6. The number of aromatic nitrogens is 2. The largest absolute Gasteiger partial charge is 0.465 e. The Hall–Kier alpha value is -2.30. The molecule has 0 saturated carbocycles. The van der Waals surface area contributed by atoms with Gasteiger partial charge in [0.2, 0.25) is 0 Å². The molecule has 0 bridgehead atoms. The molecule has 4 nitrogen and oxygen atoms in total. The number of carbonyl (C=O) groups excluding carboxylic acids is 1. The minimum atomic E-state index is -0.405. The summed E-state index contributed by atoms with van der Waals surface area (Å²) in [5.41, 5.74) is 1.75. The highest BCUT2D eigenvalue weighted by Crippen LogP contribution is 2.21. The van der Waals surface area contributed by atoms with Crippen molar-refractivity contribution in [2.75, 3.05) is 7.11 Å². The Labute approximate surface area is 123 Å². The molecule has 0 unspecified atom stereocenters. The van der Waals surface area contributed by atoms with E-state index < -0.39 is 5.97 Å². The zero-order valence-electron chi connectivity index (χ0n) is 12.0. The first-order chi connectivity index (χ1) is 10.1. The smallest absolute Gasteiger partial charge is 0.339 e. The minimum Gasteiger partial charge on any atom is -0.465 e. The SMILES string of the molecule is COC(=O)c1ccc(CC[C@H](C)c2ncccc2F)nc1. The van der Waals surface area contributed by atoms with Crippen LogP contribution in [0.3, 0.4) is 0 Å². The number of aryl methyl sites for hydroxylation is 1. The van der Waals surface area contributed by atoms with Gasteiger partial charge >= 0.3 is 5.97 Å². The average molecular weight is 288 g/mol. The molecule has 21 heavy (non-hydrogen) atoms. The molecule has 0 aromatic carbocycles. The fourth-order valence-corrected chi connectivity index (χ4v) is 2.07. The van der Waals surface area contributed by atoms with Crippen molar-refractivity contribution in [1.29, 1.82) is 0 Å². The number of hydrogen-bond acceptors (Lipinski definition) is 4. The van der Waals surface area contributed by atoms with Gasteiger partial charge in [-0.1, -0.05) is 6.92 Å². The number of ether oxygens (including phenoxy) is 1. The molecule has 0 aliphatic rings. The van der Waals surface area contributed by atoms with E-state index in [1.165, 1.54) is 19.4 Å². The van der Waals surface area contributed by atoms with Gasteiger partial charge in [0.25, 0.3) is 0 Å². The lowest BCUT2D eigenvalue weighted by Crippen LogP contribution is -2.05. The van der Waals surface area contributed by atoms with Crippen LogP contribution in [0.25, 0.3) is 0 Å². The second-order valence-corrected chi connectivity index (χ2v) is 4.84. The molecule has 2 aromatic heterocycles. The van der Waals surface area contributed by atoms with Gasteiger partial charge in [0.1, 0.15) is 5.82 Å². The van der Waals surface area contributed by atoms with Crippen LogP contribution < -0.4 is 0 Å². The first kappa shape index (κ1) is 15.1. The van der Waals surface area contributed by atoms with Crippen LogP contribution in [0.1, 0.15) is 41.0 Å². The van der Waals surface area contributed by atoms with Crippen LogP contribution in [-0.4, -0.2) is 23.0 Å². The van der Waals surface area contributed by atoms with E-state index in [0.29, 0.717) is 17.7 Å². The van der Waals surface area contributed by atoms with Crippen LogP contribution in [0.5, 0.6) is 0 Å². The molecule has 0 aliphatic carbocycles. The zero-order valence-corrected chi connectivity index (χ0v) is 12.0. The van der Waals surface area contributed by atoms with Gasteiger partial charge in [-0.05, 0) is 37.1 Å². The van der Waals surface area contributed by atoms with E-state index in [1.807, 2.05) is 6.92 Å². The quantitative estimate of drug-likeness (QED) is 0.793. The number of halogens is 1. The molecule has 5 heteroatoms. The Kier molecular flexibility index (Phi) is 4.98. The van der Waals surface area contributed by atoms with E-state index in [4.69, 9.17) is 0 Å². The Morgan fingerprint density at radius 3 is 2.76 bits per heavy atom. The zero-order chi connectivity index (χ0) is 15.2. The third-order valence-electron chi connectivity index (χ3n) is 3.33. The summed E-state index contributed by atoms with van der Waals surface area (Å²) in [5.74, 6) is -0.676. The average Bonchev–Trinajstić information content (AvgIpc) is 2.52. The van der Waals surface area contributed by atoms with Gasteiger partial charge < -0.3 is 4.74 Å². The van der Waals surface area contributed by atoms with Crippen LogP contribution in [0, 0.1) is 5.82 Å². The van der Waals surface area contributed by atoms with Gasteiger partial charge in [-0.3, -0.25) is 9.97 Å². The Morgan fingerprint density at radius 2 is 2.14 bits per heavy atom. The predicted octanol–water partition coefficient (Wildman–Crippen LogP) is 3.14. The van der Waals surface area contributed by atoms with Crippen molar-refractivity contribution < 1.29 is 13.9 Å². The fourth-order valence-electron chi connectivity index (χ4n) is 2.07. The van der Waals surface area contributed by atoms with E-state index >= 15 is 0 Å². The molecule has 110 valence electrons. The van der Waals surface area contributed by atoms with Gasteiger partial charge in [-0.15, -0.1) is 0 Å². The number of rotatable bonds is 5. The maximum Gasteiger partial charge on any atom is 0.339 e. The summed E-state index contributed by atoms with van der Waals surface area (Å²) in [6.45, 7) is 1.94. The Bertz CT molecular complexity index is 614. The monoisotopic (exact) mass is 288 g/mol. The summed E-state index contributed by atoms with van der Waals surface area (Å²) >= 11 is 0. The van der Waals surface area contributed by atoms with Crippen molar-refractivity contribution >= 4 is 5.97 Å². The van der Waals surface area contributed by atoms with Crippen molar-refractivity contribution in [1.82, 2.24) is 9.97 Å². The lowest BCUT2D eigenvalue weighted by molar-refractivity contribution is 0.0600. The number of hydrogen-bond donors (Lipinski definition) is 0. The molecule has 2 heterocycles. The molecule has 2 rings (SSSR count). The summed E-state index contributed by atoms with van der Waals surface area (Å²) in [6.07, 6.45) is 4.52. The summed E-state index contributed by atoms with van der Waals surface area (Å²) in [5, 5.41) is 0. The van der Waals surface area contributed by atoms with Crippen molar-refractivity contribution in [3.63, 3.8) is 0 Å². The topological polar surface area (TPSA) is 52.1 Å². The summed E-state index contributed by atoms with van der Waals surface area (Å²) < 4.78 is 18.2. The first-order valence-electron chi connectivity index (χ1n) is 6.75. The van der Waals surface area contributed by atoms with Gasteiger partial charge in [0.05, 0.1) is 18.4 Å². The maximum atomic E-state index is 13.6. The molecule has 0 spiro atoms. The van der Waals surface area contributed by atoms with Crippen LogP contribution in [0.4, 0.5) is 4.39 Å². The Balaban J connectivity index is 1.97. The molecule has 0 saturated heterocycles. The lowest BCUT2D eigenvalue weighted by Gasteiger charge is -2.11. The first-order valence-corrected chi connectivity index (χ1v) is 6.75. The van der Waals surface area contributed by atoms with Crippen LogP contribution >= 0.6 is 0 Å². The van der Waals surface area contributed by atoms with E-state index in [-0.39, 0.29) is 11.7 Å². The minimum absolute atomic E-state index is 0.00767. The van der Waals surface area contributed by atoms with Crippen molar-refractivity contribution in [3.8, 4) is 0 Å². The number of carbonyl (C=O) groups is 1. The number of pyridine rings is 2. The highest BCUT2D eigenvalue weighted by atomic mass is 19.1. The predicted molar refractivity (Wildman–Crippen MR) is 76.5 cm³/mol. The van der Waals surface area contributed by atoms with E-state index in [0.717, 1.165) is 12.1 Å². The third kappa shape index (κ3) is 3.84. The highest BCUT2D eigenvalue weighted by molar-refractivity contribution is 5.88. The highest BCUT2D eigenvalue weighted by Gasteiger charge is 2.12. The molecular weight excluding hydrogens is 271 g/mol. The molecular formula is C16H17FN2O2. The van der Waals surface area contributed by atoms with Gasteiger partial charge in [0, 0.05) is 24.0 Å². The molecule has 0 radical (unpaired) electrons. The van der Waals surface area contributed by atoms with E-state index in [2.05, 4.69) is 14.7 Å². The molecule has 2 aromatic rings. The van der Waals surface area contributed by atoms with Gasteiger partial charge in [0.15, 0.2) is 0 Å². The fraction of sp³-hybridized carbons (Fsp3) is 0.312. The molecule has 0 N–H and O–H groups in total. The van der Waals surface area contributed by atoms with Crippen molar-refractivity contribution in [2.24, 2.45) is 0 Å². The molecule has 0 aliphatic heterocycles. The van der Waals surface area contributed by atoms with E-state index in [1.54, 1.807) is 24.4 Å². The van der Waals surface area contributed by atoms with Crippen LogP contribution in [-0.2, 0) is 11.2 Å². The summed E-state index contributed by atoms with van der Waals surface area (Å²) in [7, 11) is 1.33. The standard InChI is InChI=1S/C16H17FN2O2/c1-11(15-14(17)4-3-9-18-15)5-7-13-8-6-12(10-19-13)16(20)21-2/h3-4,6,8-11H,5,7H2,1-2H3/t11-/m0/s1. The lowest BCUT2D eigenvalue weighted by atomic mass is 9.99. The summed E-state index contributed by atoms with van der Waals surface area (Å²) in [6, 6.07) is 6.47. The van der Waals surface area contributed by atoms with Crippen LogP contribution in [0.2, 0.25) is 0 Å². The van der Waals surface area contributed by atoms with Gasteiger partial charge in [-0.25, -0.2) is 9.18 Å². The third-order valence-corrected chi connectivity index (χ3v) is 3.33. The van der Waals surface area contributed by atoms with Crippen molar-refractivity contribution in [3.05, 3.63) is 59.4 Å². The van der Waals surface area contributed by atoms with Crippen molar-refractivity contribution in [2.45, 2.75) is 25.7 Å². The number of methoxy groups -OCH3 is 1. The van der Waals surface area contributed by atoms with Crippen LogP contribution in [0.15, 0.2) is 36.7 Å². The molecule has 0 fully saturated rings.